The zero-order chi connectivity index (χ0) is 17.5. The smallest absolute Gasteiger partial charge is 0.238 e. The number of hydrogen-bond acceptors (Lipinski definition) is 4. The minimum absolute atomic E-state index is 0. The van der Waals surface area contributed by atoms with Gasteiger partial charge >= 0.3 is 0 Å². The second kappa shape index (κ2) is 10.4. The lowest BCUT2D eigenvalue weighted by atomic mass is 10.0. The summed E-state index contributed by atoms with van der Waals surface area (Å²) in [4.78, 5) is 28.0. The fraction of sp³-hybridized carbons (Fsp3) is 0.556. The van der Waals surface area contributed by atoms with E-state index in [1.165, 1.54) is 5.56 Å². The van der Waals surface area contributed by atoms with Crippen molar-refractivity contribution in [1.82, 2.24) is 15.1 Å². The molecule has 0 radical (unpaired) electrons. The van der Waals surface area contributed by atoms with Gasteiger partial charge in [0.05, 0.1) is 13.1 Å². The van der Waals surface area contributed by atoms with Crippen LogP contribution in [0.2, 0.25) is 0 Å². The number of nitrogens with zero attached hydrogens (tertiary/aromatic N) is 2. The molecule has 140 valence electrons. The van der Waals surface area contributed by atoms with E-state index in [1.807, 2.05) is 23.1 Å². The molecule has 2 N–H and O–H groups in total. The number of carbonyl (C=O) groups is 2. The number of halogens is 1. The maximum absolute atomic E-state index is 12.2. The molecular formula is C18H29ClN4O2. The summed E-state index contributed by atoms with van der Waals surface area (Å²) in [6.45, 7) is 7.85. The quantitative estimate of drug-likeness (QED) is 0.799. The van der Waals surface area contributed by atoms with Crippen LogP contribution in [0, 0.1) is 0 Å². The Labute approximate surface area is 156 Å². The Bertz CT molecular complexity index is 574. The number of likely N-dealkylation sites (N-methyl/N-ethyl adjacent to an activating group) is 1. The molecule has 1 heterocycles. The number of nitrogens with one attached hydrogen (secondary N) is 2. The second-order valence-corrected chi connectivity index (χ2v) is 6.63. The van der Waals surface area contributed by atoms with Gasteiger partial charge in [0.15, 0.2) is 0 Å². The van der Waals surface area contributed by atoms with E-state index in [4.69, 9.17) is 0 Å². The summed E-state index contributed by atoms with van der Waals surface area (Å²) >= 11 is 0. The van der Waals surface area contributed by atoms with Gasteiger partial charge in [-0.05, 0) is 30.7 Å². The summed E-state index contributed by atoms with van der Waals surface area (Å²) in [6, 6.07) is 7.88. The molecule has 0 bridgehead atoms. The van der Waals surface area contributed by atoms with Gasteiger partial charge < -0.3 is 15.5 Å². The van der Waals surface area contributed by atoms with E-state index in [1.54, 1.807) is 11.9 Å². The first-order valence-corrected chi connectivity index (χ1v) is 8.52. The Kier molecular flexibility index (Phi) is 8.89. The van der Waals surface area contributed by atoms with Crippen LogP contribution in [0.25, 0.3) is 0 Å². The zero-order valence-corrected chi connectivity index (χ0v) is 16.1. The van der Waals surface area contributed by atoms with Crippen LogP contribution < -0.4 is 10.6 Å². The lowest BCUT2D eigenvalue weighted by Gasteiger charge is -2.29. The minimum atomic E-state index is -0.105. The number of carbonyl (C=O) groups excluding carboxylic acids is 2. The Hall–Kier alpha value is -1.63. The third kappa shape index (κ3) is 7.02. The third-order valence-electron chi connectivity index (χ3n) is 4.13. The number of benzene rings is 1. The average Bonchev–Trinajstić information content (AvgIpc) is 2.55. The van der Waals surface area contributed by atoms with Crippen LogP contribution >= 0.6 is 12.4 Å². The topological polar surface area (TPSA) is 64.7 Å². The maximum Gasteiger partial charge on any atom is 0.238 e. The van der Waals surface area contributed by atoms with Crippen molar-refractivity contribution in [3.63, 3.8) is 0 Å². The van der Waals surface area contributed by atoms with Crippen LogP contribution in [0.3, 0.4) is 0 Å². The standard InChI is InChI=1S/C18H28N4O2.ClH/c1-14(2)15-5-4-6-16(11-15)20-17(23)12-21(3)13-18(24)22-9-7-19-8-10-22;/h4-6,11,14,19H,7-10,12-13H2,1-3H3,(H,20,23);1H. The van der Waals surface area contributed by atoms with Crippen LogP contribution in [0.1, 0.15) is 25.3 Å². The lowest BCUT2D eigenvalue weighted by Crippen LogP contribution is -2.49. The predicted octanol–water partition coefficient (Wildman–Crippen LogP) is 1.53. The molecule has 1 aliphatic heterocycles. The van der Waals surface area contributed by atoms with Crippen molar-refractivity contribution >= 4 is 29.9 Å². The molecule has 0 aliphatic carbocycles. The van der Waals surface area contributed by atoms with Gasteiger partial charge in [0, 0.05) is 31.9 Å². The monoisotopic (exact) mass is 368 g/mol. The molecular weight excluding hydrogens is 340 g/mol. The van der Waals surface area contributed by atoms with Crippen molar-refractivity contribution in [2.45, 2.75) is 19.8 Å². The highest BCUT2D eigenvalue weighted by molar-refractivity contribution is 5.92. The second-order valence-electron chi connectivity index (χ2n) is 6.63. The van der Waals surface area contributed by atoms with E-state index in [0.717, 1.165) is 31.9 Å². The molecule has 1 aromatic carbocycles. The first-order valence-electron chi connectivity index (χ1n) is 8.52. The van der Waals surface area contributed by atoms with E-state index in [0.29, 0.717) is 5.92 Å². The number of piperazine rings is 1. The van der Waals surface area contributed by atoms with Crippen LogP contribution in [0.4, 0.5) is 5.69 Å². The molecule has 2 rings (SSSR count). The van der Waals surface area contributed by atoms with Crippen molar-refractivity contribution in [3.05, 3.63) is 29.8 Å². The Balaban J connectivity index is 0.00000312. The summed E-state index contributed by atoms with van der Waals surface area (Å²) in [5.41, 5.74) is 1.99. The molecule has 1 saturated heterocycles. The molecule has 0 unspecified atom stereocenters. The Morgan fingerprint density at radius 2 is 1.92 bits per heavy atom. The van der Waals surface area contributed by atoms with Gasteiger partial charge in [0.25, 0.3) is 0 Å². The molecule has 25 heavy (non-hydrogen) atoms. The number of hydrogen-bond donors (Lipinski definition) is 2. The van der Waals surface area contributed by atoms with Gasteiger partial charge in [-0.2, -0.15) is 0 Å². The van der Waals surface area contributed by atoms with Gasteiger partial charge in [-0.15, -0.1) is 12.4 Å². The fourth-order valence-electron chi connectivity index (χ4n) is 2.72. The molecule has 6 nitrogen and oxygen atoms in total. The molecule has 0 spiro atoms. The first-order chi connectivity index (χ1) is 11.5. The average molecular weight is 369 g/mol. The van der Waals surface area contributed by atoms with Crippen molar-refractivity contribution < 1.29 is 9.59 Å². The third-order valence-corrected chi connectivity index (χ3v) is 4.13. The number of rotatable bonds is 6. The number of amides is 2. The van der Waals surface area contributed by atoms with Gasteiger partial charge in [-0.3, -0.25) is 14.5 Å². The van der Waals surface area contributed by atoms with Gasteiger partial charge in [-0.1, -0.05) is 26.0 Å². The Morgan fingerprint density at radius 1 is 1.24 bits per heavy atom. The minimum Gasteiger partial charge on any atom is -0.339 e. The fourth-order valence-corrected chi connectivity index (χ4v) is 2.72. The normalized spacial score (nSPS) is 14.4. The highest BCUT2D eigenvalue weighted by Gasteiger charge is 2.18. The van der Waals surface area contributed by atoms with E-state index in [9.17, 15) is 9.59 Å². The van der Waals surface area contributed by atoms with Crippen LogP contribution in [0.5, 0.6) is 0 Å². The molecule has 2 amide bonds. The summed E-state index contributed by atoms with van der Waals surface area (Å²) < 4.78 is 0. The molecule has 1 fully saturated rings. The summed E-state index contributed by atoms with van der Waals surface area (Å²) in [5.74, 6) is 0.390. The van der Waals surface area contributed by atoms with Gasteiger partial charge in [0.2, 0.25) is 11.8 Å². The van der Waals surface area contributed by atoms with Crippen molar-refractivity contribution in [2.75, 3.05) is 51.6 Å². The van der Waals surface area contributed by atoms with E-state index in [-0.39, 0.29) is 37.3 Å². The van der Waals surface area contributed by atoms with E-state index >= 15 is 0 Å². The number of anilines is 1. The van der Waals surface area contributed by atoms with Crippen LogP contribution in [-0.4, -0.2) is 67.9 Å². The predicted molar refractivity (Wildman–Crippen MR) is 103 cm³/mol. The van der Waals surface area contributed by atoms with Crippen molar-refractivity contribution in [1.29, 1.82) is 0 Å². The summed E-state index contributed by atoms with van der Waals surface area (Å²) in [5, 5.41) is 6.13. The van der Waals surface area contributed by atoms with Crippen molar-refractivity contribution in [3.8, 4) is 0 Å². The Morgan fingerprint density at radius 3 is 2.56 bits per heavy atom. The maximum atomic E-state index is 12.2. The first kappa shape index (κ1) is 21.4. The largest absolute Gasteiger partial charge is 0.339 e. The van der Waals surface area contributed by atoms with Crippen LogP contribution in [0.15, 0.2) is 24.3 Å². The molecule has 7 heteroatoms. The lowest BCUT2D eigenvalue weighted by molar-refractivity contribution is -0.133. The summed E-state index contributed by atoms with van der Waals surface area (Å²) in [7, 11) is 1.80. The molecule has 0 aromatic heterocycles. The summed E-state index contributed by atoms with van der Waals surface area (Å²) in [6.07, 6.45) is 0. The zero-order valence-electron chi connectivity index (χ0n) is 15.2. The SMILES string of the molecule is CC(C)c1cccc(NC(=O)CN(C)CC(=O)N2CCNCC2)c1.Cl. The van der Waals surface area contributed by atoms with E-state index in [2.05, 4.69) is 30.5 Å². The molecule has 0 saturated carbocycles. The van der Waals surface area contributed by atoms with Gasteiger partial charge in [0.1, 0.15) is 0 Å². The molecule has 1 aliphatic rings. The van der Waals surface area contributed by atoms with Gasteiger partial charge in [-0.25, -0.2) is 0 Å². The van der Waals surface area contributed by atoms with Crippen LogP contribution in [-0.2, 0) is 9.59 Å². The molecule has 1 aromatic rings. The highest BCUT2D eigenvalue weighted by atomic mass is 35.5. The van der Waals surface area contributed by atoms with E-state index < -0.39 is 0 Å². The molecule has 0 atom stereocenters. The van der Waals surface area contributed by atoms with Crippen molar-refractivity contribution in [2.24, 2.45) is 0 Å². The highest BCUT2D eigenvalue weighted by Crippen LogP contribution is 2.18.